The van der Waals surface area contributed by atoms with Gasteiger partial charge < -0.3 is 11.1 Å². The molecule has 0 aliphatic heterocycles. The number of nitrogens with one attached hydrogen (secondary N) is 1. The van der Waals surface area contributed by atoms with Crippen molar-refractivity contribution < 1.29 is 9.59 Å². The molecule has 2 amide bonds. The normalized spacial score (nSPS) is 14.5. The van der Waals surface area contributed by atoms with Gasteiger partial charge in [0.25, 0.3) is 5.91 Å². The van der Waals surface area contributed by atoms with Gasteiger partial charge in [-0.3, -0.25) is 9.59 Å². The van der Waals surface area contributed by atoms with Gasteiger partial charge in [-0.05, 0) is 31.0 Å². The van der Waals surface area contributed by atoms with Crippen LogP contribution in [-0.2, 0) is 4.79 Å². The van der Waals surface area contributed by atoms with Crippen molar-refractivity contribution in [1.82, 2.24) is 9.78 Å². The third-order valence-electron chi connectivity index (χ3n) is 3.73. The maximum absolute atomic E-state index is 12.1. The fourth-order valence-corrected chi connectivity index (χ4v) is 2.27. The minimum Gasteiger partial charge on any atom is -0.364 e. The van der Waals surface area contributed by atoms with Gasteiger partial charge in [-0.25, -0.2) is 4.68 Å². The summed E-state index contributed by atoms with van der Waals surface area (Å²) in [5, 5.41) is 7.05. The number of para-hydroxylation sites is 2. The van der Waals surface area contributed by atoms with E-state index in [-0.39, 0.29) is 17.5 Å². The Labute approximate surface area is 121 Å². The van der Waals surface area contributed by atoms with Crippen LogP contribution < -0.4 is 11.1 Å². The lowest BCUT2D eigenvalue weighted by Crippen LogP contribution is -2.28. The second-order valence-electron chi connectivity index (χ2n) is 5.14. The van der Waals surface area contributed by atoms with E-state index >= 15 is 0 Å². The van der Waals surface area contributed by atoms with E-state index in [1.807, 2.05) is 24.3 Å². The van der Waals surface area contributed by atoms with Gasteiger partial charge >= 0.3 is 0 Å². The van der Waals surface area contributed by atoms with Crippen molar-refractivity contribution in [2.45, 2.75) is 19.3 Å². The minimum atomic E-state index is -0.579. The summed E-state index contributed by atoms with van der Waals surface area (Å²) in [5.74, 6) is -0.433. The van der Waals surface area contributed by atoms with Crippen LogP contribution in [0.5, 0.6) is 0 Å². The number of benzene rings is 1. The van der Waals surface area contributed by atoms with E-state index < -0.39 is 5.91 Å². The number of anilines is 1. The first-order valence-corrected chi connectivity index (χ1v) is 6.91. The molecule has 6 heteroatoms. The van der Waals surface area contributed by atoms with Crippen molar-refractivity contribution in [1.29, 1.82) is 0 Å². The molecule has 1 heterocycles. The maximum atomic E-state index is 12.1. The van der Waals surface area contributed by atoms with Gasteiger partial charge in [0, 0.05) is 12.1 Å². The molecule has 3 N–H and O–H groups in total. The molecule has 3 rings (SSSR count). The molecule has 0 spiro atoms. The smallest absolute Gasteiger partial charge is 0.269 e. The molecule has 0 saturated heterocycles. The van der Waals surface area contributed by atoms with Crippen molar-refractivity contribution >= 4 is 17.5 Å². The summed E-state index contributed by atoms with van der Waals surface area (Å²) in [7, 11) is 0. The first kappa shape index (κ1) is 13.4. The molecule has 1 saturated carbocycles. The predicted molar refractivity (Wildman–Crippen MR) is 78.1 cm³/mol. The Morgan fingerprint density at radius 3 is 2.62 bits per heavy atom. The highest BCUT2D eigenvalue weighted by molar-refractivity contribution is 5.95. The van der Waals surface area contributed by atoms with E-state index in [4.69, 9.17) is 5.73 Å². The topological polar surface area (TPSA) is 90.0 Å². The third-order valence-corrected chi connectivity index (χ3v) is 3.73. The van der Waals surface area contributed by atoms with Crippen LogP contribution in [0, 0.1) is 5.92 Å². The number of rotatable bonds is 4. The summed E-state index contributed by atoms with van der Waals surface area (Å²) in [6.07, 6.45) is 4.65. The zero-order valence-electron chi connectivity index (χ0n) is 11.5. The highest BCUT2D eigenvalue weighted by Gasteiger charge is 2.25. The molecule has 6 nitrogen and oxygen atoms in total. The first-order valence-electron chi connectivity index (χ1n) is 6.91. The lowest BCUT2D eigenvalue weighted by Gasteiger charge is -2.24. The molecule has 2 aromatic rings. The highest BCUT2D eigenvalue weighted by atomic mass is 16.2. The number of aromatic nitrogens is 2. The van der Waals surface area contributed by atoms with Gasteiger partial charge in [0.2, 0.25) is 5.91 Å². The minimum absolute atomic E-state index is 0.0379. The van der Waals surface area contributed by atoms with Gasteiger partial charge in [-0.1, -0.05) is 18.6 Å². The van der Waals surface area contributed by atoms with Crippen molar-refractivity contribution in [3.63, 3.8) is 0 Å². The molecule has 0 bridgehead atoms. The summed E-state index contributed by atoms with van der Waals surface area (Å²) in [5.41, 5.74) is 6.78. The molecular weight excluding hydrogens is 268 g/mol. The predicted octanol–water partition coefficient (Wildman–Crippen LogP) is 1.71. The van der Waals surface area contributed by atoms with E-state index in [2.05, 4.69) is 10.4 Å². The molecule has 0 unspecified atom stereocenters. The SMILES string of the molecule is NC(=O)c1ccn(-c2ccccc2NC(=O)C2CCC2)n1. The maximum Gasteiger partial charge on any atom is 0.269 e. The summed E-state index contributed by atoms with van der Waals surface area (Å²) in [6, 6.07) is 8.89. The Morgan fingerprint density at radius 1 is 1.24 bits per heavy atom. The van der Waals surface area contributed by atoms with Crippen molar-refractivity contribution in [2.24, 2.45) is 11.7 Å². The van der Waals surface area contributed by atoms with Crippen LogP contribution in [0.2, 0.25) is 0 Å². The van der Waals surface area contributed by atoms with E-state index in [1.165, 1.54) is 4.68 Å². The summed E-state index contributed by atoms with van der Waals surface area (Å²) < 4.78 is 1.54. The Balaban J connectivity index is 1.87. The van der Waals surface area contributed by atoms with Gasteiger partial charge in [-0.2, -0.15) is 5.10 Å². The zero-order valence-corrected chi connectivity index (χ0v) is 11.5. The van der Waals surface area contributed by atoms with E-state index in [0.29, 0.717) is 11.4 Å². The Hall–Kier alpha value is -2.63. The van der Waals surface area contributed by atoms with Crippen LogP contribution in [0.1, 0.15) is 29.8 Å². The molecule has 1 aromatic carbocycles. The first-order chi connectivity index (χ1) is 10.1. The quantitative estimate of drug-likeness (QED) is 0.895. The molecule has 1 fully saturated rings. The Kier molecular flexibility index (Phi) is 3.43. The van der Waals surface area contributed by atoms with Crippen molar-refractivity contribution in [2.75, 3.05) is 5.32 Å². The van der Waals surface area contributed by atoms with Gasteiger partial charge in [0.15, 0.2) is 0 Å². The number of hydrogen-bond donors (Lipinski definition) is 2. The van der Waals surface area contributed by atoms with Crippen LogP contribution in [0.15, 0.2) is 36.5 Å². The Bertz CT molecular complexity index is 688. The van der Waals surface area contributed by atoms with E-state index in [0.717, 1.165) is 19.3 Å². The van der Waals surface area contributed by atoms with Gasteiger partial charge in [0.05, 0.1) is 11.4 Å². The van der Waals surface area contributed by atoms with Crippen LogP contribution in [0.4, 0.5) is 5.69 Å². The standard InChI is InChI=1S/C15H16N4O2/c16-14(20)12-8-9-19(18-12)13-7-2-1-6-11(13)17-15(21)10-4-3-5-10/h1-2,6-10H,3-5H2,(H2,16,20)(H,17,21). The summed E-state index contributed by atoms with van der Waals surface area (Å²) in [4.78, 5) is 23.2. The number of amides is 2. The molecule has 0 radical (unpaired) electrons. The molecule has 1 aliphatic carbocycles. The fourth-order valence-electron chi connectivity index (χ4n) is 2.27. The Morgan fingerprint density at radius 2 is 2.00 bits per heavy atom. The average molecular weight is 284 g/mol. The van der Waals surface area contributed by atoms with Gasteiger partial charge in [-0.15, -0.1) is 0 Å². The molecule has 1 aromatic heterocycles. The second-order valence-corrected chi connectivity index (χ2v) is 5.14. The molecule has 108 valence electrons. The largest absolute Gasteiger partial charge is 0.364 e. The van der Waals surface area contributed by atoms with Crippen LogP contribution in [-0.4, -0.2) is 21.6 Å². The third kappa shape index (κ3) is 2.65. The molecular formula is C15H16N4O2. The zero-order chi connectivity index (χ0) is 14.8. The number of nitrogens with zero attached hydrogens (tertiary/aromatic N) is 2. The second kappa shape index (κ2) is 5.40. The molecule has 1 aliphatic rings. The molecule has 0 atom stereocenters. The average Bonchev–Trinajstić information content (AvgIpc) is 2.86. The fraction of sp³-hybridized carbons (Fsp3) is 0.267. The van der Waals surface area contributed by atoms with Crippen molar-refractivity contribution in [3.05, 3.63) is 42.2 Å². The van der Waals surface area contributed by atoms with Crippen molar-refractivity contribution in [3.8, 4) is 5.69 Å². The monoisotopic (exact) mass is 284 g/mol. The molecule has 21 heavy (non-hydrogen) atoms. The lowest BCUT2D eigenvalue weighted by molar-refractivity contribution is -0.122. The number of hydrogen-bond acceptors (Lipinski definition) is 3. The van der Waals surface area contributed by atoms with Crippen LogP contribution in [0.3, 0.4) is 0 Å². The van der Waals surface area contributed by atoms with Crippen LogP contribution >= 0.6 is 0 Å². The summed E-state index contributed by atoms with van der Waals surface area (Å²) in [6.45, 7) is 0. The van der Waals surface area contributed by atoms with E-state index in [9.17, 15) is 9.59 Å². The number of carbonyl (C=O) groups excluding carboxylic acids is 2. The lowest BCUT2D eigenvalue weighted by atomic mass is 9.85. The van der Waals surface area contributed by atoms with Crippen LogP contribution in [0.25, 0.3) is 5.69 Å². The highest BCUT2D eigenvalue weighted by Crippen LogP contribution is 2.28. The number of carbonyl (C=O) groups is 2. The number of primary amides is 1. The number of nitrogens with two attached hydrogens (primary N) is 1. The summed E-state index contributed by atoms with van der Waals surface area (Å²) >= 11 is 0. The van der Waals surface area contributed by atoms with E-state index in [1.54, 1.807) is 12.3 Å². The van der Waals surface area contributed by atoms with Gasteiger partial charge in [0.1, 0.15) is 5.69 Å².